The van der Waals surface area contributed by atoms with E-state index < -0.39 is 0 Å². The van der Waals surface area contributed by atoms with Crippen molar-refractivity contribution < 1.29 is 9.47 Å². The van der Waals surface area contributed by atoms with Gasteiger partial charge < -0.3 is 9.47 Å². The zero-order chi connectivity index (χ0) is 22.5. The smallest absolute Gasteiger partial charge is 0.118 e. The van der Waals surface area contributed by atoms with E-state index >= 15 is 0 Å². The van der Waals surface area contributed by atoms with Crippen LogP contribution in [0.2, 0.25) is 0 Å². The van der Waals surface area contributed by atoms with Gasteiger partial charge in [-0.2, -0.15) is 0 Å². The molecule has 0 saturated carbocycles. The molecule has 0 bridgehead atoms. The van der Waals surface area contributed by atoms with Gasteiger partial charge in [-0.05, 0) is 88.8 Å². The number of allylic oxidation sites excluding steroid dienone is 2. The Morgan fingerprint density at radius 2 is 1.66 bits per heavy atom. The molecule has 0 aliphatic heterocycles. The van der Waals surface area contributed by atoms with Crippen molar-refractivity contribution in [1.29, 1.82) is 0 Å². The van der Waals surface area contributed by atoms with Crippen LogP contribution in [0.15, 0.2) is 79.4 Å². The second-order valence-electron chi connectivity index (χ2n) is 8.62. The topological polar surface area (TPSA) is 18.5 Å². The Bertz CT molecular complexity index is 1100. The molecule has 2 nitrogen and oxygen atoms in total. The Labute approximate surface area is 192 Å². The number of hydrogen-bond acceptors (Lipinski definition) is 2. The highest BCUT2D eigenvalue weighted by molar-refractivity contribution is 5.72. The van der Waals surface area contributed by atoms with E-state index in [1.54, 1.807) is 14.2 Å². The van der Waals surface area contributed by atoms with E-state index in [1.807, 2.05) is 12.1 Å². The maximum atomic E-state index is 5.28. The van der Waals surface area contributed by atoms with Crippen LogP contribution < -0.4 is 4.74 Å². The van der Waals surface area contributed by atoms with Crippen LogP contribution in [0.4, 0.5) is 0 Å². The van der Waals surface area contributed by atoms with Crippen molar-refractivity contribution >= 4 is 11.1 Å². The van der Waals surface area contributed by atoms with Crippen molar-refractivity contribution in [2.75, 3.05) is 20.8 Å². The van der Waals surface area contributed by atoms with E-state index in [0.29, 0.717) is 12.5 Å². The van der Waals surface area contributed by atoms with Crippen molar-refractivity contribution in [1.82, 2.24) is 0 Å². The predicted octanol–water partition coefficient (Wildman–Crippen LogP) is 7.68. The lowest BCUT2D eigenvalue weighted by atomic mass is 9.81. The molecular weight excluding hydrogens is 392 g/mol. The molecule has 0 aromatic heterocycles. The monoisotopic (exact) mass is 424 g/mol. The van der Waals surface area contributed by atoms with Gasteiger partial charge in [-0.15, -0.1) is 0 Å². The highest BCUT2D eigenvalue weighted by Gasteiger charge is 2.18. The van der Waals surface area contributed by atoms with Crippen LogP contribution in [-0.4, -0.2) is 20.8 Å². The largest absolute Gasteiger partial charge is 0.497 e. The van der Waals surface area contributed by atoms with Crippen LogP contribution in [0.25, 0.3) is 22.3 Å². The molecule has 0 N–H and O–H groups in total. The SMILES string of the molecule is C=C(COC)c1ccc(-c2ccc(C3CC=C(c4ccc(OC)cc4)CC3)cc2C)cc1. The van der Waals surface area contributed by atoms with Gasteiger partial charge in [-0.25, -0.2) is 0 Å². The van der Waals surface area contributed by atoms with Gasteiger partial charge >= 0.3 is 0 Å². The second kappa shape index (κ2) is 10.0. The third kappa shape index (κ3) is 4.87. The molecule has 2 heteroatoms. The normalized spacial score (nSPS) is 15.8. The summed E-state index contributed by atoms with van der Waals surface area (Å²) < 4.78 is 10.5. The van der Waals surface area contributed by atoms with Crippen LogP contribution in [-0.2, 0) is 4.74 Å². The van der Waals surface area contributed by atoms with Gasteiger partial charge in [0.05, 0.1) is 13.7 Å². The van der Waals surface area contributed by atoms with Crippen molar-refractivity contribution in [3.8, 4) is 16.9 Å². The summed E-state index contributed by atoms with van der Waals surface area (Å²) in [6.07, 6.45) is 5.82. The lowest BCUT2D eigenvalue weighted by Gasteiger charge is -2.23. The summed E-state index contributed by atoms with van der Waals surface area (Å²) in [4.78, 5) is 0. The third-order valence-electron chi connectivity index (χ3n) is 6.52. The summed E-state index contributed by atoms with van der Waals surface area (Å²) >= 11 is 0. The van der Waals surface area contributed by atoms with Crippen molar-refractivity contribution in [3.05, 3.63) is 102 Å². The van der Waals surface area contributed by atoms with Gasteiger partial charge in [-0.3, -0.25) is 0 Å². The van der Waals surface area contributed by atoms with Gasteiger partial charge in [0, 0.05) is 7.11 Å². The quantitative estimate of drug-likeness (QED) is 0.387. The average Bonchev–Trinajstić information content (AvgIpc) is 2.84. The lowest BCUT2D eigenvalue weighted by molar-refractivity contribution is 0.240. The van der Waals surface area contributed by atoms with Crippen LogP contribution >= 0.6 is 0 Å². The summed E-state index contributed by atoms with van der Waals surface area (Å²) in [6, 6.07) is 24.0. The van der Waals surface area contributed by atoms with Crippen molar-refractivity contribution in [2.45, 2.75) is 32.1 Å². The number of rotatable bonds is 7. The maximum Gasteiger partial charge on any atom is 0.118 e. The molecule has 0 heterocycles. The highest BCUT2D eigenvalue weighted by Crippen LogP contribution is 2.38. The Balaban J connectivity index is 1.46. The van der Waals surface area contributed by atoms with Crippen molar-refractivity contribution in [2.24, 2.45) is 0 Å². The Morgan fingerprint density at radius 1 is 0.938 bits per heavy atom. The molecule has 0 spiro atoms. The first-order valence-corrected chi connectivity index (χ1v) is 11.3. The van der Waals surface area contributed by atoms with E-state index in [2.05, 4.69) is 74.2 Å². The molecule has 0 saturated heterocycles. The Hall–Kier alpha value is -3.10. The molecular formula is C30H32O2. The molecule has 1 unspecified atom stereocenters. The summed E-state index contributed by atoms with van der Waals surface area (Å²) in [6.45, 7) is 6.87. The van der Waals surface area contributed by atoms with Gasteiger partial charge in [0.1, 0.15) is 5.75 Å². The fourth-order valence-corrected chi connectivity index (χ4v) is 4.61. The number of benzene rings is 3. The van der Waals surface area contributed by atoms with Gasteiger partial charge in [-0.1, -0.05) is 67.3 Å². The standard InChI is InChI=1S/C30H32O2/c1-21-19-28(15-18-30(21)27-11-5-23(6-12-27)22(2)20-31-3)26-9-7-24(8-10-26)25-13-16-29(32-4)17-14-25/h5-7,11-19,26H,2,8-10,20H2,1,3-4H3. The summed E-state index contributed by atoms with van der Waals surface area (Å²) in [5.74, 6) is 1.50. The van der Waals surface area contributed by atoms with E-state index in [1.165, 1.54) is 39.8 Å². The Kier molecular flexibility index (Phi) is 6.92. The van der Waals surface area contributed by atoms with Crippen LogP contribution in [0.1, 0.15) is 47.4 Å². The maximum absolute atomic E-state index is 5.28. The molecule has 0 fully saturated rings. The highest BCUT2D eigenvalue weighted by atomic mass is 16.5. The molecule has 3 aromatic rings. The molecule has 0 radical (unpaired) electrons. The summed E-state index contributed by atoms with van der Waals surface area (Å²) in [7, 11) is 3.41. The average molecular weight is 425 g/mol. The minimum atomic E-state index is 0.559. The predicted molar refractivity (Wildman–Crippen MR) is 135 cm³/mol. The minimum absolute atomic E-state index is 0.559. The Morgan fingerprint density at radius 3 is 2.25 bits per heavy atom. The van der Waals surface area contributed by atoms with E-state index in [0.717, 1.165) is 29.7 Å². The first-order chi connectivity index (χ1) is 15.6. The van der Waals surface area contributed by atoms with E-state index in [-0.39, 0.29) is 0 Å². The molecule has 1 aliphatic carbocycles. The first-order valence-electron chi connectivity index (χ1n) is 11.3. The molecule has 0 amide bonds. The number of methoxy groups -OCH3 is 2. The molecule has 1 aliphatic rings. The molecule has 3 aromatic carbocycles. The molecule has 4 rings (SSSR count). The minimum Gasteiger partial charge on any atom is -0.497 e. The van der Waals surface area contributed by atoms with Gasteiger partial charge in [0.2, 0.25) is 0 Å². The number of ether oxygens (including phenoxy) is 2. The fourth-order valence-electron chi connectivity index (χ4n) is 4.61. The summed E-state index contributed by atoms with van der Waals surface area (Å²) in [5.41, 5.74) is 10.2. The number of aryl methyl sites for hydroxylation is 1. The van der Waals surface area contributed by atoms with E-state index in [4.69, 9.17) is 9.47 Å². The lowest BCUT2D eigenvalue weighted by Crippen LogP contribution is -2.04. The van der Waals surface area contributed by atoms with Crippen LogP contribution in [0.5, 0.6) is 5.75 Å². The second-order valence-corrected chi connectivity index (χ2v) is 8.62. The van der Waals surface area contributed by atoms with Crippen LogP contribution in [0.3, 0.4) is 0 Å². The number of hydrogen-bond donors (Lipinski definition) is 0. The van der Waals surface area contributed by atoms with E-state index in [9.17, 15) is 0 Å². The van der Waals surface area contributed by atoms with Gasteiger partial charge in [0.25, 0.3) is 0 Å². The zero-order valence-electron chi connectivity index (χ0n) is 19.4. The third-order valence-corrected chi connectivity index (χ3v) is 6.52. The zero-order valence-corrected chi connectivity index (χ0v) is 19.4. The first kappa shape index (κ1) is 22.1. The fraction of sp³-hybridized carbons (Fsp3) is 0.267. The van der Waals surface area contributed by atoms with Gasteiger partial charge in [0.15, 0.2) is 0 Å². The summed E-state index contributed by atoms with van der Waals surface area (Å²) in [5, 5.41) is 0. The molecule has 1 atom stereocenters. The van der Waals surface area contributed by atoms with Crippen LogP contribution in [0, 0.1) is 6.92 Å². The molecule has 32 heavy (non-hydrogen) atoms. The molecule has 164 valence electrons. The van der Waals surface area contributed by atoms with Crippen molar-refractivity contribution in [3.63, 3.8) is 0 Å².